The van der Waals surface area contributed by atoms with Gasteiger partial charge >= 0.3 is 0 Å². The highest BCUT2D eigenvalue weighted by Crippen LogP contribution is 2.25. The van der Waals surface area contributed by atoms with Crippen LogP contribution in [0.15, 0.2) is 22.9 Å². The largest absolute Gasteiger partial charge is 0.296 e. The molecule has 0 spiro atoms. The molecule has 15 heavy (non-hydrogen) atoms. The van der Waals surface area contributed by atoms with Gasteiger partial charge < -0.3 is 0 Å². The topological polar surface area (TPSA) is 59.1 Å². The fourth-order valence-electron chi connectivity index (χ4n) is 1.65. The van der Waals surface area contributed by atoms with E-state index in [2.05, 4.69) is 26.2 Å². The summed E-state index contributed by atoms with van der Waals surface area (Å²) in [5, 5.41) is 2.33. The number of pyridine rings is 1. The zero-order valence-corrected chi connectivity index (χ0v) is 9.45. The molecule has 1 aliphatic rings. The first-order valence-electron chi connectivity index (χ1n) is 4.62. The number of hydrogen-bond acceptors (Lipinski definition) is 3. The van der Waals surface area contributed by atoms with Gasteiger partial charge in [-0.05, 0) is 40.0 Å². The number of imide groups is 1. The van der Waals surface area contributed by atoms with Gasteiger partial charge in [0.1, 0.15) is 4.60 Å². The van der Waals surface area contributed by atoms with E-state index in [1.165, 1.54) is 0 Å². The maximum Gasteiger partial charge on any atom is 0.234 e. The van der Waals surface area contributed by atoms with Crippen molar-refractivity contribution in [3.8, 4) is 0 Å². The van der Waals surface area contributed by atoms with Gasteiger partial charge in [-0.25, -0.2) is 4.98 Å². The SMILES string of the molecule is O=C1CCC(c2ccnc(Br)c2)C(=O)N1. The smallest absolute Gasteiger partial charge is 0.234 e. The number of carbonyl (C=O) groups is 2. The van der Waals surface area contributed by atoms with Gasteiger partial charge in [0, 0.05) is 12.6 Å². The predicted molar refractivity (Wildman–Crippen MR) is 57.1 cm³/mol. The van der Waals surface area contributed by atoms with Crippen LogP contribution in [0.3, 0.4) is 0 Å². The molecule has 2 heterocycles. The van der Waals surface area contributed by atoms with E-state index in [0.29, 0.717) is 17.4 Å². The van der Waals surface area contributed by atoms with Crippen LogP contribution in [0.2, 0.25) is 0 Å². The Morgan fingerprint density at radius 1 is 1.47 bits per heavy atom. The highest BCUT2D eigenvalue weighted by Gasteiger charge is 2.27. The molecule has 2 rings (SSSR count). The summed E-state index contributed by atoms with van der Waals surface area (Å²) >= 11 is 3.25. The predicted octanol–water partition coefficient (Wildman–Crippen LogP) is 1.36. The second-order valence-electron chi connectivity index (χ2n) is 3.42. The summed E-state index contributed by atoms with van der Waals surface area (Å²) in [5.74, 6) is -0.643. The summed E-state index contributed by atoms with van der Waals surface area (Å²) in [6, 6.07) is 3.60. The van der Waals surface area contributed by atoms with Gasteiger partial charge in [-0.2, -0.15) is 0 Å². The molecule has 78 valence electrons. The quantitative estimate of drug-likeness (QED) is 0.618. The molecule has 1 atom stereocenters. The third-order valence-electron chi connectivity index (χ3n) is 2.39. The Morgan fingerprint density at radius 3 is 2.93 bits per heavy atom. The molecule has 1 N–H and O–H groups in total. The van der Waals surface area contributed by atoms with Crippen LogP contribution in [0.5, 0.6) is 0 Å². The number of carbonyl (C=O) groups excluding carboxylic acids is 2. The molecule has 0 aromatic carbocycles. The standard InChI is InChI=1S/C10H9BrN2O2/c11-8-5-6(3-4-12-8)7-1-2-9(14)13-10(7)15/h3-5,7H,1-2H2,(H,13,14,15). The molecule has 0 aliphatic carbocycles. The lowest BCUT2D eigenvalue weighted by molar-refractivity contribution is -0.134. The average Bonchev–Trinajstić information content (AvgIpc) is 2.17. The Bertz CT molecular complexity index is 420. The minimum Gasteiger partial charge on any atom is -0.296 e. The molecule has 1 aliphatic heterocycles. The number of aromatic nitrogens is 1. The van der Waals surface area contributed by atoms with Crippen molar-refractivity contribution < 1.29 is 9.59 Å². The van der Waals surface area contributed by atoms with Gasteiger partial charge in [-0.15, -0.1) is 0 Å². The summed E-state index contributed by atoms with van der Waals surface area (Å²) in [7, 11) is 0. The average molecular weight is 269 g/mol. The summed E-state index contributed by atoms with van der Waals surface area (Å²) < 4.78 is 0.699. The second-order valence-corrected chi connectivity index (χ2v) is 4.23. The number of piperidine rings is 1. The molecule has 4 nitrogen and oxygen atoms in total. The van der Waals surface area contributed by atoms with E-state index in [0.717, 1.165) is 5.56 Å². The summed E-state index contributed by atoms with van der Waals surface area (Å²) in [5.41, 5.74) is 0.891. The molecular weight excluding hydrogens is 260 g/mol. The lowest BCUT2D eigenvalue weighted by Gasteiger charge is -2.20. The van der Waals surface area contributed by atoms with E-state index in [1.807, 2.05) is 0 Å². The van der Waals surface area contributed by atoms with Crippen LogP contribution in [-0.4, -0.2) is 16.8 Å². The van der Waals surface area contributed by atoms with Gasteiger partial charge in [0.05, 0.1) is 5.92 Å². The zero-order chi connectivity index (χ0) is 10.8. The van der Waals surface area contributed by atoms with E-state index in [9.17, 15) is 9.59 Å². The van der Waals surface area contributed by atoms with Gasteiger partial charge in [0.15, 0.2) is 0 Å². The molecule has 1 aromatic heterocycles. The minimum atomic E-state index is -0.234. The first-order chi connectivity index (χ1) is 7.16. The normalized spacial score (nSPS) is 21.3. The zero-order valence-electron chi connectivity index (χ0n) is 7.87. The van der Waals surface area contributed by atoms with Crippen LogP contribution >= 0.6 is 15.9 Å². The first kappa shape index (κ1) is 10.3. The molecule has 5 heteroatoms. The fourth-order valence-corrected chi connectivity index (χ4v) is 2.03. The minimum absolute atomic E-state index is 0.190. The van der Waals surface area contributed by atoms with Crippen molar-refractivity contribution in [1.82, 2.24) is 10.3 Å². The number of amides is 2. The van der Waals surface area contributed by atoms with Crippen LogP contribution in [0.4, 0.5) is 0 Å². The van der Waals surface area contributed by atoms with E-state index < -0.39 is 0 Å². The van der Waals surface area contributed by atoms with Gasteiger partial charge in [0.25, 0.3) is 0 Å². The van der Waals surface area contributed by atoms with Crippen molar-refractivity contribution in [2.75, 3.05) is 0 Å². The van der Waals surface area contributed by atoms with Gasteiger partial charge in [-0.3, -0.25) is 14.9 Å². The number of nitrogens with one attached hydrogen (secondary N) is 1. The third kappa shape index (κ3) is 2.23. The van der Waals surface area contributed by atoms with Crippen LogP contribution < -0.4 is 5.32 Å². The van der Waals surface area contributed by atoms with Crippen molar-refractivity contribution in [2.45, 2.75) is 18.8 Å². The Hall–Kier alpha value is -1.23. The van der Waals surface area contributed by atoms with Gasteiger partial charge in [0.2, 0.25) is 11.8 Å². The van der Waals surface area contributed by atoms with E-state index in [4.69, 9.17) is 0 Å². The highest BCUT2D eigenvalue weighted by molar-refractivity contribution is 9.10. The van der Waals surface area contributed by atoms with Crippen LogP contribution in [-0.2, 0) is 9.59 Å². The number of hydrogen-bond donors (Lipinski definition) is 1. The van der Waals surface area contributed by atoms with Gasteiger partial charge in [-0.1, -0.05) is 0 Å². The Balaban J connectivity index is 2.24. The number of rotatable bonds is 1. The lowest BCUT2D eigenvalue weighted by atomic mass is 9.91. The summed E-state index contributed by atoms with van der Waals surface area (Å²) in [4.78, 5) is 26.5. The molecule has 1 saturated heterocycles. The summed E-state index contributed by atoms with van der Waals surface area (Å²) in [6.07, 6.45) is 2.61. The molecule has 1 aromatic rings. The van der Waals surface area contributed by atoms with Crippen molar-refractivity contribution in [3.05, 3.63) is 28.5 Å². The first-order valence-corrected chi connectivity index (χ1v) is 5.41. The van der Waals surface area contributed by atoms with Crippen molar-refractivity contribution in [3.63, 3.8) is 0 Å². The molecule has 0 saturated carbocycles. The Kier molecular flexibility index (Phi) is 2.81. The molecule has 1 unspecified atom stereocenters. The van der Waals surface area contributed by atoms with Crippen LogP contribution in [0.1, 0.15) is 24.3 Å². The van der Waals surface area contributed by atoms with Crippen molar-refractivity contribution in [1.29, 1.82) is 0 Å². The fraction of sp³-hybridized carbons (Fsp3) is 0.300. The molecule has 2 amide bonds. The number of halogens is 1. The molecule has 0 radical (unpaired) electrons. The lowest BCUT2D eigenvalue weighted by Crippen LogP contribution is -2.39. The monoisotopic (exact) mass is 268 g/mol. The Labute approximate surface area is 95.2 Å². The molecule has 1 fully saturated rings. The van der Waals surface area contributed by atoms with E-state index in [-0.39, 0.29) is 17.7 Å². The van der Waals surface area contributed by atoms with Crippen molar-refractivity contribution >= 4 is 27.7 Å². The molecular formula is C10H9BrN2O2. The maximum absolute atomic E-state index is 11.5. The van der Waals surface area contributed by atoms with E-state index >= 15 is 0 Å². The summed E-state index contributed by atoms with van der Waals surface area (Å²) in [6.45, 7) is 0. The second kappa shape index (κ2) is 4.10. The maximum atomic E-state index is 11.5. The van der Waals surface area contributed by atoms with Crippen molar-refractivity contribution in [2.24, 2.45) is 0 Å². The number of nitrogens with zero attached hydrogens (tertiary/aromatic N) is 1. The Morgan fingerprint density at radius 2 is 2.27 bits per heavy atom. The highest BCUT2D eigenvalue weighted by atomic mass is 79.9. The third-order valence-corrected chi connectivity index (χ3v) is 2.83. The van der Waals surface area contributed by atoms with E-state index in [1.54, 1.807) is 18.3 Å². The van der Waals surface area contributed by atoms with Crippen LogP contribution in [0.25, 0.3) is 0 Å². The van der Waals surface area contributed by atoms with Crippen LogP contribution in [0, 0.1) is 0 Å². The molecule has 0 bridgehead atoms.